The van der Waals surface area contributed by atoms with Crippen molar-refractivity contribution in [2.45, 2.75) is 52.1 Å². The second-order valence-electron chi connectivity index (χ2n) is 4.05. The van der Waals surface area contributed by atoms with Crippen LogP contribution in [-0.2, 0) is 9.47 Å². The van der Waals surface area contributed by atoms with E-state index in [9.17, 15) is 0 Å². The zero-order chi connectivity index (χ0) is 10.1. The second kappa shape index (κ2) is 3.56. The number of ether oxygens (including phenoxy) is 2. The summed E-state index contributed by atoms with van der Waals surface area (Å²) in [5, 5.41) is 3.25. The Kier molecular flexibility index (Phi) is 3.00. The lowest BCUT2D eigenvalue weighted by Crippen LogP contribution is -2.36. The molecule has 2 saturated heterocycles. The van der Waals surface area contributed by atoms with Crippen LogP contribution >= 0.6 is 0 Å². The molecule has 0 aromatic rings. The van der Waals surface area contributed by atoms with Crippen LogP contribution in [0.1, 0.15) is 34.6 Å². The molecule has 78 valence electrons. The van der Waals surface area contributed by atoms with Crippen molar-refractivity contribution in [3.63, 3.8) is 0 Å². The standard InChI is InChI=1S/C8H15NO2.C2H6/c1-7(2)10-6-4-9-5-8(6,3)11-7;1-2/h6,9H,4-5H2,1-3H3;1-2H3/t6?,8-;/m1./s1. The maximum Gasteiger partial charge on any atom is 0.164 e. The lowest BCUT2D eigenvalue weighted by atomic mass is 10.0. The topological polar surface area (TPSA) is 30.5 Å². The normalized spacial score (nSPS) is 40.8. The lowest BCUT2D eigenvalue weighted by Gasteiger charge is -2.22. The van der Waals surface area contributed by atoms with Gasteiger partial charge in [-0.2, -0.15) is 0 Å². The predicted octanol–water partition coefficient (Wildman–Crippen LogP) is 1.53. The lowest BCUT2D eigenvalue weighted by molar-refractivity contribution is -0.162. The maximum atomic E-state index is 5.78. The Morgan fingerprint density at radius 1 is 1.23 bits per heavy atom. The summed E-state index contributed by atoms with van der Waals surface area (Å²) in [6.07, 6.45) is 0.234. The van der Waals surface area contributed by atoms with Crippen LogP contribution in [0, 0.1) is 0 Å². The molecule has 1 N–H and O–H groups in total. The molecule has 2 fully saturated rings. The highest BCUT2D eigenvalue weighted by atomic mass is 16.8. The van der Waals surface area contributed by atoms with Crippen molar-refractivity contribution in [2.75, 3.05) is 13.1 Å². The van der Waals surface area contributed by atoms with Gasteiger partial charge in [-0.1, -0.05) is 13.8 Å². The van der Waals surface area contributed by atoms with Crippen molar-refractivity contribution < 1.29 is 9.47 Å². The molecular formula is C10H21NO2. The first-order valence-electron chi connectivity index (χ1n) is 5.11. The smallest absolute Gasteiger partial charge is 0.164 e. The van der Waals surface area contributed by atoms with Crippen LogP contribution in [0.4, 0.5) is 0 Å². The highest BCUT2D eigenvalue weighted by molar-refractivity contribution is 5.00. The van der Waals surface area contributed by atoms with Crippen molar-refractivity contribution in [3.8, 4) is 0 Å². The van der Waals surface area contributed by atoms with E-state index in [2.05, 4.69) is 12.2 Å². The Balaban J connectivity index is 0.000000396. The van der Waals surface area contributed by atoms with Crippen LogP contribution in [0.5, 0.6) is 0 Å². The molecule has 3 heteroatoms. The van der Waals surface area contributed by atoms with Gasteiger partial charge in [0.1, 0.15) is 11.7 Å². The third-order valence-corrected chi connectivity index (χ3v) is 2.39. The molecule has 0 saturated carbocycles. The fourth-order valence-electron chi connectivity index (χ4n) is 1.98. The first-order chi connectivity index (χ1) is 6.02. The first-order valence-corrected chi connectivity index (χ1v) is 5.11. The van der Waals surface area contributed by atoms with Gasteiger partial charge in [0, 0.05) is 13.1 Å². The largest absolute Gasteiger partial charge is 0.343 e. The van der Waals surface area contributed by atoms with Crippen molar-refractivity contribution in [1.29, 1.82) is 0 Å². The number of hydrogen-bond acceptors (Lipinski definition) is 3. The van der Waals surface area contributed by atoms with Gasteiger partial charge in [-0.25, -0.2) is 0 Å². The summed E-state index contributed by atoms with van der Waals surface area (Å²) in [6.45, 7) is 11.9. The highest BCUT2D eigenvalue weighted by Crippen LogP contribution is 2.37. The average Bonchev–Trinajstić information content (AvgIpc) is 2.43. The third-order valence-electron chi connectivity index (χ3n) is 2.39. The van der Waals surface area contributed by atoms with E-state index in [1.54, 1.807) is 0 Å². The van der Waals surface area contributed by atoms with Crippen molar-refractivity contribution in [1.82, 2.24) is 5.32 Å². The Morgan fingerprint density at radius 3 is 2.38 bits per heavy atom. The molecule has 3 nitrogen and oxygen atoms in total. The molecule has 0 spiro atoms. The van der Waals surface area contributed by atoms with Gasteiger partial charge in [-0.15, -0.1) is 0 Å². The highest BCUT2D eigenvalue weighted by Gasteiger charge is 2.52. The summed E-state index contributed by atoms with van der Waals surface area (Å²) in [7, 11) is 0. The van der Waals surface area contributed by atoms with Gasteiger partial charge in [0.25, 0.3) is 0 Å². The van der Waals surface area contributed by atoms with E-state index in [-0.39, 0.29) is 17.5 Å². The van der Waals surface area contributed by atoms with Crippen LogP contribution in [0.15, 0.2) is 0 Å². The molecule has 0 bridgehead atoms. The van der Waals surface area contributed by atoms with Gasteiger partial charge in [0.2, 0.25) is 0 Å². The minimum absolute atomic E-state index is 0.0938. The van der Waals surface area contributed by atoms with Crippen LogP contribution in [0.2, 0.25) is 0 Å². The number of hydrogen-bond donors (Lipinski definition) is 1. The molecule has 13 heavy (non-hydrogen) atoms. The molecule has 2 atom stereocenters. The molecule has 1 unspecified atom stereocenters. The van der Waals surface area contributed by atoms with Crippen LogP contribution in [-0.4, -0.2) is 30.6 Å². The van der Waals surface area contributed by atoms with Crippen LogP contribution in [0.3, 0.4) is 0 Å². The van der Waals surface area contributed by atoms with Gasteiger partial charge in [0.15, 0.2) is 5.79 Å². The van der Waals surface area contributed by atoms with Gasteiger partial charge in [-0.05, 0) is 20.8 Å². The Labute approximate surface area is 80.8 Å². The van der Waals surface area contributed by atoms with E-state index < -0.39 is 0 Å². The molecule has 0 aromatic heterocycles. The molecule has 2 aliphatic heterocycles. The van der Waals surface area contributed by atoms with E-state index in [0.29, 0.717) is 0 Å². The number of fused-ring (bicyclic) bond motifs is 1. The Bertz CT molecular complexity index is 182. The van der Waals surface area contributed by atoms with Crippen molar-refractivity contribution >= 4 is 0 Å². The van der Waals surface area contributed by atoms with Crippen molar-refractivity contribution in [3.05, 3.63) is 0 Å². The van der Waals surface area contributed by atoms with Gasteiger partial charge in [0.05, 0.1) is 0 Å². The summed E-state index contributed by atoms with van der Waals surface area (Å²) < 4.78 is 11.5. The van der Waals surface area contributed by atoms with Gasteiger partial charge >= 0.3 is 0 Å². The molecular weight excluding hydrogens is 166 g/mol. The monoisotopic (exact) mass is 187 g/mol. The molecule has 2 rings (SSSR count). The average molecular weight is 187 g/mol. The minimum atomic E-state index is -0.387. The summed E-state index contributed by atoms with van der Waals surface area (Å²) in [6, 6.07) is 0. The zero-order valence-electron chi connectivity index (χ0n) is 9.31. The van der Waals surface area contributed by atoms with Gasteiger partial charge < -0.3 is 14.8 Å². The Hall–Kier alpha value is -0.120. The predicted molar refractivity (Wildman–Crippen MR) is 52.7 cm³/mol. The van der Waals surface area contributed by atoms with E-state index in [1.165, 1.54) is 0 Å². The SMILES string of the molecule is CC.CC1(C)OC2CNC[C@@]2(C)O1. The third kappa shape index (κ3) is 2.03. The number of rotatable bonds is 0. The molecule has 0 aromatic carbocycles. The molecule has 2 heterocycles. The van der Waals surface area contributed by atoms with Crippen LogP contribution in [0.25, 0.3) is 0 Å². The summed E-state index contributed by atoms with van der Waals surface area (Å²) in [4.78, 5) is 0. The van der Waals surface area contributed by atoms with Crippen LogP contribution < -0.4 is 5.32 Å². The second-order valence-corrected chi connectivity index (χ2v) is 4.05. The maximum absolute atomic E-state index is 5.78. The van der Waals surface area contributed by atoms with E-state index in [0.717, 1.165) is 13.1 Å². The molecule has 2 aliphatic rings. The summed E-state index contributed by atoms with van der Waals surface area (Å²) >= 11 is 0. The molecule has 0 radical (unpaired) electrons. The summed E-state index contributed by atoms with van der Waals surface area (Å²) in [5.41, 5.74) is -0.0938. The van der Waals surface area contributed by atoms with Crippen molar-refractivity contribution in [2.24, 2.45) is 0 Å². The fourth-order valence-corrected chi connectivity index (χ4v) is 1.98. The minimum Gasteiger partial charge on any atom is -0.343 e. The first kappa shape index (κ1) is 11.0. The van der Waals surface area contributed by atoms with E-state index >= 15 is 0 Å². The zero-order valence-corrected chi connectivity index (χ0v) is 9.31. The van der Waals surface area contributed by atoms with E-state index in [4.69, 9.17) is 9.47 Å². The fraction of sp³-hybridized carbons (Fsp3) is 1.00. The van der Waals surface area contributed by atoms with Gasteiger partial charge in [-0.3, -0.25) is 0 Å². The summed E-state index contributed by atoms with van der Waals surface area (Å²) in [5.74, 6) is -0.387. The number of nitrogens with one attached hydrogen (secondary N) is 1. The quantitative estimate of drug-likeness (QED) is 0.624. The van der Waals surface area contributed by atoms with E-state index in [1.807, 2.05) is 27.7 Å². The Morgan fingerprint density at radius 2 is 1.85 bits per heavy atom. The molecule has 0 aliphatic carbocycles. The molecule has 0 amide bonds.